The van der Waals surface area contributed by atoms with Crippen molar-refractivity contribution in [2.45, 2.75) is 0 Å². The van der Waals surface area contributed by atoms with E-state index in [2.05, 4.69) is 4.98 Å². The minimum absolute atomic E-state index is 0.142. The van der Waals surface area contributed by atoms with Crippen LogP contribution in [0.2, 0.25) is 0 Å². The molecule has 0 fully saturated rings. The average Bonchev–Trinajstić information content (AvgIpc) is 4.21. The van der Waals surface area contributed by atoms with E-state index < -0.39 is 149 Å². The number of hydrogen-bond donors (Lipinski definition) is 0. The number of aromatic nitrogens is 5. The van der Waals surface area contributed by atoms with Gasteiger partial charge in [-0.2, -0.15) is 9.97 Å². The molecule has 6 heteroatoms. The molecule has 0 radical (unpaired) electrons. The number of fused-ring (bicyclic) bond motifs is 10. The molecule has 0 bridgehead atoms. The molecule has 0 aliphatic rings. The third-order valence-electron chi connectivity index (χ3n) is 9.83. The van der Waals surface area contributed by atoms with Crippen LogP contribution >= 0.6 is 0 Å². The number of hydrogen-bond acceptors (Lipinski definition) is 4. The minimum atomic E-state index is -0.744. The number of furan rings is 1. The van der Waals surface area contributed by atoms with Crippen molar-refractivity contribution in [2.24, 2.45) is 0 Å². The van der Waals surface area contributed by atoms with Gasteiger partial charge in [0.05, 0.1) is 60.6 Å². The van der Waals surface area contributed by atoms with Crippen LogP contribution < -0.4 is 0 Å². The highest BCUT2D eigenvalue weighted by atomic mass is 16.3. The maximum atomic E-state index is 9.76. The molecule has 8 aromatic carbocycles. The van der Waals surface area contributed by atoms with Gasteiger partial charge in [-0.15, -0.1) is 0 Å². The Bertz CT molecular complexity index is 4660. The van der Waals surface area contributed by atoms with Crippen molar-refractivity contribution < 1.29 is 31.8 Å². The van der Waals surface area contributed by atoms with Crippen LogP contribution in [0, 0.1) is 0 Å². The van der Waals surface area contributed by atoms with Crippen LogP contribution in [0.15, 0.2) is 192 Å². The molecule has 0 aliphatic heterocycles. The van der Waals surface area contributed by atoms with Crippen molar-refractivity contribution in [2.75, 3.05) is 0 Å². The van der Waals surface area contributed by atoms with Crippen molar-refractivity contribution in [3.05, 3.63) is 188 Å². The highest BCUT2D eigenvalue weighted by Crippen LogP contribution is 2.44. The monoisotopic (exact) mass is 749 g/mol. The Morgan fingerprint density at radius 1 is 0.421 bits per heavy atom. The van der Waals surface area contributed by atoms with Crippen LogP contribution in [-0.4, -0.2) is 24.1 Å². The molecule has 4 heterocycles. The van der Waals surface area contributed by atoms with Crippen LogP contribution in [0.3, 0.4) is 0 Å². The van der Waals surface area contributed by atoms with Gasteiger partial charge in [-0.1, -0.05) is 151 Å². The summed E-state index contributed by atoms with van der Waals surface area (Å²) < 4.78 is 186. The van der Waals surface area contributed by atoms with E-state index in [1.165, 1.54) is 0 Å². The third kappa shape index (κ3) is 4.81. The molecule has 0 unspecified atom stereocenters. The van der Waals surface area contributed by atoms with Crippen molar-refractivity contribution in [1.29, 1.82) is 0 Å². The predicted octanol–water partition coefficient (Wildman–Crippen LogP) is 13.0. The van der Waals surface area contributed by atoms with E-state index >= 15 is 0 Å². The van der Waals surface area contributed by atoms with Crippen LogP contribution in [0.1, 0.15) is 27.4 Å². The lowest BCUT2D eigenvalue weighted by Gasteiger charge is -2.14. The predicted molar refractivity (Wildman–Crippen MR) is 232 cm³/mol. The molecular formula is C51H31N5O. The lowest BCUT2D eigenvalue weighted by atomic mass is 10.0. The number of nitrogens with zero attached hydrogens (tertiary/aromatic N) is 5. The lowest BCUT2D eigenvalue weighted by molar-refractivity contribution is 0.669. The Kier molecular flexibility index (Phi) is 3.85. The first-order chi connectivity index (χ1) is 36.6. The summed E-state index contributed by atoms with van der Waals surface area (Å²) in [6, 6.07) is 5.65. The topological polar surface area (TPSA) is 61.7 Å². The quantitative estimate of drug-likeness (QED) is 0.176. The average molecular weight is 750 g/mol. The fourth-order valence-electron chi connectivity index (χ4n) is 7.50. The Labute approximate surface area is 354 Å². The molecule has 12 aromatic rings. The Hall–Kier alpha value is -7.83. The first kappa shape index (κ1) is 17.8. The molecule has 0 aliphatic carbocycles. The van der Waals surface area contributed by atoms with E-state index in [9.17, 15) is 8.22 Å². The molecular weight excluding hydrogens is 699 g/mol. The maximum Gasteiger partial charge on any atom is 0.238 e. The van der Waals surface area contributed by atoms with Gasteiger partial charge in [0, 0.05) is 38.1 Å². The summed E-state index contributed by atoms with van der Waals surface area (Å²) in [5.41, 5.74) is -1.25. The van der Waals surface area contributed by atoms with Crippen LogP contribution in [0.5, 0.6) is 0 Å². The second kappa shape index (κ2) is 12.3. The molecule has 12 rings (SSSR count). The van der Waals surface area contributed by atoms with Crippen LogP contribution in [0.25, 0.3) is 111 Å². The molecule has 0 amide bonds. The molecule has 0 N–H and O–H groups in total. The van der Waals surface area contributed by atoms with E-state index in [1.807, 2.05) is 12.1 Å². The second-order valence-electron chi connectivity index (χ2n) is 12.9. The SMILES string of the molecule is [2H]c1cc(-c2nc(-c3c([2H])c([2H])c([2H])c([2H])c3[2H])nc(-n3c4ccccc4c4ccc5c6ccccc6n(-c6c([2H])c([2H])c([2H])c7oc8c([2H])c(-c9c([2H])c([2H])c([2H])c([2H])c9[2H])c([2H])c([2H])c8c67)c5c43)n2)c([2H])c([2H])c1[2H]. The fourth-order valence-corrected chi connectivity index (χ4v) is 7.50. The normalized spacial score (nSPS) is 16.8. The molecule has 0 saturated heterocycles. The molecule has 0 spiro atoms. The summed E-state index contributed by atoms with van der Waals surface area (Å²) >= 11 is 0. The third-order valence-corrected chi connectivity index (χ3v) is 9.83. The molecule has 266 valence electrons. The number of para-hydroxylation sites is 2. The largest absolute Gasteiger partial charge is 0.456 e. The van der Waals surface area contributed by atoms with Crippen LogP contribution in [-0.2, 0) is 0 Å². The number of benzene rings is 8. The van der Waals surface area contributed by atoms with Crippen molar-refractivity contribution >= 4 is 65.6 Å². The van der Waals surface area contributed by atoms with E-state index in [1.54, 1.807) is 57.7 Å². The van der Waals surface area contributed by atoms with Gasteiger partial charge in [0.25, 0.3) is 0 Å². The molecule has 0 saturated carbocycles. The van der Waals surface area contributed by atoms with Gasteiger partial charge in [-0.05, 0) is 47.4 Å². The zero-order valence-electron chi connectivity index (χ0n) is 49.0. The summed E-state index contributed by atoms with van der Waals surface area (Å²) in [5, 5.41) is 1.83. The lowest BCUT2D eigenvalue weighted by Crippen LogP contribution is -2.07. The first-order valence-electron chi connectivity index (χ1n) is 27.5. The molecule has 57 heavy (non-hydrogen) atoms. The van der Waals surface area contributed by atoms with Gasteiger partial charge < -0.3 is 8.98 Å². The van der Waals surface area contributed by atoms with Gasteiger partial charge in [0.15, 0.2) is 11.6 Å². The first-order valence-corrected chi connectivity index (χ1v) is 17.5. The molecule has 4 aromatic heterocycles. The van der Waals surface area contributed by atoms with E-state index in [4.69, 9.17) is 33.6 Å². The number of rotatable bonds is 5. The summed E-state index contributed by atoms with van der Waals surface area (Å²) in [5.74, 6) is -1.09. The maximum absolute atomic E-state index is 9.76. The molecule has 6 nitrogen and oxygen atoms in total. The Balaban J connectivity index is 1.27. The van der Waals surface area contributed by atoms with Gasteiger partial charge >= 0.3 is 0 Å². The van der Waals surface area contributed by atoms with Crippen LogP contribution in [0.4, 0.5) is 0 Å². The van der Waals surface area contributed by atoms with Crippen molar-refractivity contribution in [3.8, 4) is 45.5 Å². The van der Waals surface area contributed by atoms with E-state index in [0.717, 1.165) is 6.07 Å². The van der Waals surface area contributed by atoms with E-state index in [0.29, 0.717) is 32.6 Å². The zero-order valence-corrected chi connectivity index (χ0v) is 29.0. The van der Waals surface area contributed by atoms with Crippen molar-refractivity contribution in [3.63, 3.8) is 0 Å². The smallest absolute Gasteiger partial charge is 0.238 e. The second-order valence-corrected chi connectivity index (χ2v) is 12.9. The van der Waals surface area contributed by atoms with E-state index in [-0.39, 0.29) is 50.4 Å². The van der Waals surface area contributed by atoms with Gasteiger partial charge in [-0.25, -0.2) is 4.98 Å². The fraction of sp³-hybridized carbons (Fsp3) is 0. The Morgan fingerprint density at radius 2 is 1.04 bits per heavy atom. The Morgan fingerprint density at radius 3 is 1.77 bits per heavy atom. The minimum Gasteiger partial charge on any atom is -0.456 e. The highest BCUT2D eigenvalue weighted by Gasteiger charge is 2.25. The summed E-state index contributed by atoms with van der Waals surface area (Å²) in [7, 11) is 0. The summed E-state index contributed by atoms with van der Waals surface area (Å²) in [6.07, 6.45) is 0. The summed E-state index contributed by atoms with van der Waals surface area (Å²) in [6.45, 7) is 0. The molecule has 0 atom stereocenters. The highest BCUT2D eigenvalue weighted by molar-refractivity contribution is 6.24. The van der Waals surface area contributed by atoms with Gasteiger partial charge in [0.1, 0.15) is 11.2 Å². The van der Waals surface area contributed by atoms with Crippen molar-refractivity contribution in [1.82, 2.24) is 24.1 Å². The standard InChI is InChI=1S/C51H31N5O/c1-4-15-32(16-5-1)35-27-28-40-45(31-35)57-44-26-14-25-43(46(40)44)55-41-23-12-10-21-36(41)38-29-30-39-37-22-11-13-24-42(37)56(48(39)47(38)55)51-53-49(33-17-6-2-7-18-33)52-50(54-51)34-19-8-3-9-20-34/h1-31H/i1D,2D,3D,4D,5D,6D,7D,8D,9D,14D,15D,16D,17D,18D,19D,25D,26D,27D,28D,31D. The summed E-state index contributed by atoms with van der Waals surface area (Å²) in [4.78, 5) is 14.2. The zero-order chi connectivity index (χ0) is 54.9. The van der Waals surface area contributed by atoms with Gasteiger partial charge in [-0.3, -0.25) is 4.57 Å². The van der Waals surface area contributed by atoms with Gasteiger partial charge in [0.2, 0.25) is 5.95 Å².